The maximum atomic E-state index is 12.1. The first-order chi connectivity index (χ1) is 8.93. The average Bonchev–Trinajstić information content (AvgIpc) is 2.73. The molecule has 0 aliphatic heterocycles. The highest BCUT2D eigenvalue weighted by Crippen LogP contribution is 2.23. The Labute approximate surface area is 114 Å². The van der Waals surface area contributed by atoms with Gasteiger partial charge >= 0.3 is 11.9 Å². The maximum absolute atomic E-state index is 12.1. The fourth-order valence-corrected chi connectivity index (χ4v) is 2.70. The SMILES string of the molecule is Cc1ccsc1C(=O)C(CCCCC(=O)O)C(=O)O. The van der Waals surface area contributed by atoms with Crippen molar-refractivity contribution < 1.29 is 24.6 Å². The average molecular weight is 284 g/mol. The summed E-state index contributed by atoms with van der Waals surface area (Å²) < 4.78 is 0. The number of Topliss-reactive ketones (excluding diaryl/α,β-unsaturated/α-hetero) is 1. The van der Waals surface area contributed by atoms with Crippen LogP contribution in [0.1, 0.15) is 40.9 Å². The monoisotopic (exact) mass is 284 g/mol. The van der Waals surface area contributed by atoms with Crippen molar-refractivity contribution in [2.45, 2.75) is 32.6 Å². The van der Waals surface area contributed by atoms with Crippen molar-refractivity contribution in [3.05, 3.63) is 21.9 Å². The largest absolute Gasteiger partial charge is 0.481 e. The summed E-state index contributed by atoms with van der Waals surface area (Å²) >= 11 is 1.24. The van der Waals surface area contributed by atoms with Gasteiger partial charge in [-0.15, -0.1) is 11.3 Å². The Bertz CT molecular complexity index is 477. The minimum atomic E-state index is -1.15. The molecule has 6 heteroatoms. The number of ketones is 1. The first-order valence-electron chi connectivity index (χ1n) is 5.96. The van der Waals surface area contributed by atoms with E-state index in [0.717, 1.165) is 5.56 Å². The summed E-state index contributed by atoms with van der Waals surface area (Å²) in [7, 11) is 0. The molecule has 0 amide bonds. The Morgan fingerprint density at radius 2 is 1.95 bits per heavy atom. The molecule has 0 spiro atoms. The predicted molar refractivity (Wildman–Crippen MR) is 70.6 cm³/mol. The molecule has 0 bridgehead atoms. The number of aryl methyl sites for hydroxylation is 1. The van der Waals surface area contributed by atoms with Gasteiger partial charge in [-0.2, -0.15) is 0 Å². The van der Waals surface area contributed by atoms with Gasteiger partial charge in [-0.05, 0) is 36.8 Å². The Hall–Kier alpha value is -1.69. The van der Waals surface area contributed by atoms with Crippen LogP contribution in [0.2, 0.25) is 0 Å². The van der Waals surface area contributed by atoms with Gasteiger partial charge in [-0.1, -0.05) is 6.42 Å². The van der Waals surface area contributed by atoms with E-state index in [-0.39, 0.29) is 18.6 Å². The quantitative estimate of drug-likeness (QED) is 0.435. The van der Waals surface area contributed by atoms with Gasteiger partial charge in [0.15, 0.2) is 5.78 Å². The van der Waals surface area contributed by atoms with Crippen LogP contribution in [0.4, 0.5) is 0 Å². The molecule has 1 heterocycles. The lowest BCUT2D eigenvalue weighted by atomic mass is 9.95. The maximum Gasteiger partial charge on any atom is 0.314 e. The number of carbonyl (C=O) groups excluding carboxylic acids is 1. The molecule has 0 aromatic carbocycles. The van der Waals surface area contributed by atoms with Crippen LogP contribution in [0.3, 0.4) is 0 Å². The Balaban J connectivity index is 2.63. The van der Waals surface area contributed by atoms with Crippen molar-refractivity contribution in [3.63, 3.8) is 0 Å². The van der Waals surface area contributed by atoms with Crippen LogP contribution in [0.25, 0.3) is 0 Å². The summed E-state index contributed by atoms with van der Waals surface area (Å²) in [5.41, 5.74) is 0.784. The van der Waals surface area contributed by atoms with E-state index < -0.39 is 17.9 Å². The van der Waals surface area contributed by atoms with Crippen LogP contribution >= 0.6 is 11.3 Å². The number of carbonyl (C=O) groups is 3. The van der Waals surface area contributed by atoms with Crippen LogP contribution in [-0.4, -0.2) is 27.9 Å². The number of hydrogen-bond acceptors (Lipinski definition) is 4. The van der Waals surface area contributed by atoms with Gasteiger partial charge < -0.3 is 10.2 Å². The molecule has 0 aliphatic carbocycles. The zero-order valence-electron chi connectivity index (χ0n) is 10.6. The second kappa shape index (κ2) is 7.04. The summed E-state index contributed by atoms with van der Waals surface area (Å²) in [6.45, 7) is 1.77. The van der Waals surface area contributed by atoms with Gasteiger partial charge in [-0.25, -0.2) is 0 Å². The fourth-order valence-electron chi connectivity index (χ4n) is 1.77. The van der Waals surface area contributed by atoms with E-state index in [1.54, 1.807) is 18.4 Å². The van der Waals surface area contributed by atoms with Gasteiger partial charge in [0.2, 0.25) is 0 Å². The fraction of sp³-hybridized carbons (Fsp3) is 0.462. The van der Waals surface area contributed by atoms with Crippen LogP contribution in [-0.2, 0) is 9.59 Å². The Morgan fingerprint density at radius 3 is 2.42 bits per heavy atom. The van der Waals surface area contributed by atoms with Crippen molar-refractivity contribution in [1.29, 1.82) is 0 Å². The molecule has 1 atom stereocenters. The third-order valence-electron chi connectivity index (χ3n) is 2.83. The Kier molecular flexibility index (Phi) is 5.69. The van der Waals surface area contributed by atoms with Crippen molar-refractivity contribution in [1.82, 2.24) is 0 Å². The summed E-state index contributed by atoms with van der Waals surface area (Å²) in [5, 5.41) is 19.4. The molecule has 104 valence electrons. The second-order valence-electron chi connectivity index (χ2n) is 4.33. The van der Waals surface area contributed by atoms with E-state index in [9.17, 15) is 14.4 Å². The van der Waals surface area contributed by atoms with E-state index >= 15 is 0 Å². The van der Waals surface area contributed by atoms with E-state index in [0.29, 0.717) is 17.7 Å². The van der Waals surface area contributed by atoms with Gasteiger partial charge in [0, 0.05) is 6.42 Å². The number of carboxylic acid groups (broad SMARTS) is 2. The zero-order valence-corrected chi connectivity index (χ0v) is 11.4. The highest BCUT2D eigenvalue weighted by molar-refractivity contribution is 7.12. The number of aliphatic carboxylic acids is 2. The molecule has 0 radical (unpaired) electrons. The molecule has 2 N–H and O–H groups in total. The molecule has 19 heavy (non-hydrogen) atoms. The summed E-state index contributed by atoms with van der Waals surface area (Å²) in [6, 6.07) is 1.78. The van der Waals surface area contributed by atoms with Crippen molar-refractivity contribution >= 4 is 29.1 Å². The van der Waals surface area contributed by atoms with E-state index in [1.807, 2.05) is 0 Å². The lowest BCUT2D eigenvalue weighted by Gasteiger charge is -2.10. The van der Waals surface area contributed by atoms with Gasteiger partial charge in [0.1, 0.15) is 5.92 Å². The van der Waals surface area contributed by atoms with Crippen molar-refractivity contribution in [2.24, 2.45) is 5.92 Å². The van der Waals surface area contributed by atoms with Gasteiger partial charge in [0.05, 0.1) is 4.88 Å². The number of rotatable bonds is 8. The molecule has 1 aromatic rings. The topological polar surface area (TPSA) is 91.7 Å². The molecule has 1 unspecified atom stereocenters. The van der Waals surface area contributed by atoms with Crippen molar-refractivity contribution in [3.8, 4) is 0 Å². The minimum absolute atomic E-state index is 0.00143. The van der Waals surface area contributed by atoms with E-state index in [1.165, 1.54) is 11.3 Å². The molecule has 1 rings (SSSR count). The van der Waals surface area contributed by atoms with Gasteiger partial charge in [-0.3, -0.25) is 14.4 Å². The van der Waals surface area contributed by atoms with Crippen LogP contribution in [0, 0.1) is 12.8 Å². The van der Waals surface area contributed by atoms with Crippen LogP contribution in [0.15, 0.2) is 11.4 Å². The summed E-state index contributed by atoms with van der Waals surface area (Å²) in [4.78, 5) is 34.1. The Morgan fingerprint density at radius 1 is 1.26 bits per heavy atom. The zero-order chi connectivity index (χ0) is 14.4. The summed E-state index contributed by atoms with van der Waals surface area (Å²) in [5.74, 6) is -3.51. The molecule has 0 saturated heterocycles. The number of unbranched alkanes of at least 4 members (excludes halogenated alkanes) is 1. The van der Waals surface area contributed by atoms with Crippen molar-refractivity contribution in [2.75, 3.05) is 0 Å². The normalized spacial score (nSPS) is 12.1. The van der Waals surface area contributed by atoms with Crippen LogP contribution < -0.4 is 0 Å². The highest BCUT2D eigenvalue weighted by Gasteiger charge is 2.28. The number of carboxylic acids is 2. The lowest BCUT2D eigenvalue weighted by molar-refractivity contribution is -0.140. The molecular formula is C13H16O5S. The second-order valence-corrected chi connectivity index (χ2v) is 5.24. The predicted octanol–water partition coefficient (Wildman–Crippen LogP) is 2.59. The molecular weight excluding hydrogens is 268 g/mol. The minimum Gasteiger partial charge on any atom is -0.481 e. The molecule has 0 fully saturated rings. The molecule has 5 nitrogen and oxygen atoms in total. The molecule has 0 saturated carbocycles. The first kappa shape index (κ1) is 15.4. The number of thiophene rings is 1. The summed E-state index contributed by atoms with van der Waals surface area (Å²) in [6.07, 6.45) is 0.979. The third-order valence-corrected chi connectivity index (χ3v) is 3.86. The molecule has 0 aliphatic rings. The highest BCUT2D eigenvalue weighted by atomic mass is 32.1. The first-order valence-corrected chi connectivity index (χ1v) is 6.84. The van der Waals surface area contributed by atoms with E-state index in [4.69, 9.17) is 10.2 Å². The smallest absolute Gasteiger partial charge is 0.314 e. The number of hydrogen-bond donors (Lipinski definition) is 2. The van der Waals surface area contributed by atoms with E-state index in [2.05, 4.69) is 0 Å². The molecule has 1 aromatic heterocycles. The van der Waals surface area contributed by atoms with Crippen LogP contribution in [0.5, 0.6) is 0 Å². The standard InChI is InChI=1S/C13H16O5S/c1-8-6-7-19-12(8)11(16)9(13(17)18)4-2-3-5-10(14)15/h6-7,9H,2-5H2,1H3,(H,14,15)(H,17,18). The lowest BCUT2D eigenvalue weighted by Crippen LogP contribution is -2.23. The third kappa shape index (κ3) is 4.48. The van der Waals surface area contributed by atoms with Gasteiger partial charge in [0.25, 0.3) is 0 Å².